The average molecular weight is 340 g/mol. The zero-order chi connectivity index (χ0) is 16.1. The Labute approximate surface area is 143 Å². The summed E-state index contributed by atoms with van der Waals surface area (Å²) in [5, 5.41) is 3.01. The molecule has 23 heavy (non-hydrogen) atoms. The third-order valence-corrected chi connectivity index (χ3v) is 4.46. The summed E-state index contributed by atoms with van der Waals surface area (Å²) in [6.45, 7) is 1.87. The van der Waals surface area contributed by atoms with E-state index in [0.29, 0.717) is 17.2 Å². The van der Waals surface area contributed by atoms with Crippen LogP contribution < -0.4 is 16.8 Å². The lowest BCUT2D eigenvalue weighted by atomic mass is 9.82. The summed E-state index contributed by atoms with van der Waals surface area (Å²) >= 11 is 0. The van der Waals surface area contributed by atoms with Gasteiger partial charge in [-0.25, -0.2) is 0 Å². The monoisotopic (exact) mass is 339 g/mol. The molecule has 1 aliphatic carbocycles. The van der Waals surface area contributed by atoms with Crippen LogP contribution in [0.1, 0.15) is 54.4 Å². The van der Waals surface area contributed by atoms with Crippen molar-refractivity contribution in [3.05, 3.63) is 29.3 Å². The lowest BCUT2D eigenvalue weighted by Gasteiger charge is -2.30. The van der Waals surface area contributed by atoms with E-state index in [9.17, 15) is 9.59 Å². The summed E-state index contributed by atoms with van der Waals surface area (Å²) in [5.74, 6) is -0.228. The number of amides is 2. The molecule has 0 bridgehead atoms. The number of carbonyl (C=O) groups is 2. The maximum atomic E-state index is 12.5. The molecule has 0 radical (unpaired) electrons. The number of rotatable bonds is 5. The average Bonchev–Trinajstić information content (AvgIpc) is 2.49. The number of hydrogen-bond donors (Lipinski definition) is 3. The molecule has 1 aliphatic rings. The van der Waals surface area contributed by atoms with E-state index in [0.717, 1.165) is 31.2 Å². The molecule has 5 N–H and O–H groups in total. The fourth-order valence-corrected chi connectivity index (χ4v) is 3.22. The van der Waals surface area contributed by atoms with Gasteiger partial charge < -0.3 is 16.8 Å². The van der Waals surface area contributed by atoms with E-state index in [1.807, 2.05) is 13.0 Å². The van der Waals surface area contributed by atoms with Gasteiger partial charge >= 0.3 is 0 Å². The molecule has 2 rings (SSSR count). The highest BCUT2D eigenvalue weighted by Gasteiger charge is 2.27. The Morgan fingerprint density at radius 3 is 2.52 bits per heavy atom. The maximum Gasteiger partial charge on any atom is 0.251 e. The Hall–Kier alpha value is -1.75. The molecule has 1 saturated carbocycles. The molecule has 128 valence electrons. The van der Waals surface area contributed by atoms with Crippen LogP contribution in [0.25, 0.3) is 0 Å². The van der Waals surface area contributed by atoms with Crippen LogP contribution in [0.15, 0.2) is 18.2 Å². The number of anilines is 1. The maximum absolute atomic E-state index is 12.5. The van der Waals surface area contributed by atoms with Gasteiger partial charge in [0, 0.05) is 23.7 Å². The molecule has 1 unspecified atom stereocenters. The van der Waals surface area contributed by atoms with Crippen molar-refractivity contribution in [3.8, 4) is 0 Å². The van der Waals surface area contributed by atoms with E-state index in [2.05, 4.69) is 5.32 Å². The number of benzene rings is 1. The first-order valence-electron chi connectivity index (χ1n) is 7.92. The minimum atomic E-state index is -0.375. The van der Waals surface area contributed by atoms with Crippen molar-refractivity contribution in [3.63, 3.8) is 0 Å². The van der Waals surface area contributed by atoms with Crippen LogP contribution >= 0.6 is 12.4 Å². The van der Waals surface area contributed by atoms with E-state index >= 15 is 0 Å². The van der Waals surface area contributed by atoms with Gasteiger partial charge in [-0.3, -0.25) is 9.59 Å². The Balaban J connectivity index is 0.00000264. The number of hydrogen-bond acceptors (Lipinski definition) is 3. The van der Waals surface area contributed by atoms with Gasteiger partial charge in [-0.2, -0.15) is 0 Å². The molecule has 2 amide bonds. The Morgan fingerprint density at radius 2 is 1.91 bits per heavy atom. The van der Waals surface area contributed by atoms with E-state index < -0.39 is 0 Å². The van der Waals surface area contributed by atoms with Crippen molar-refractivity contribution in [1.82, 2.24) is 5.32 Å². The standard InChI is InChI=1S/C17H25N3O2.ClH/c1-11-7-8-13(18)9-14(11)17(22)20-15(10-16(19)21)12-5-3-2-4-6-12;/h7-9,12,15H,2-6,10,18H2,1H3,(H2,19,21)(H,20,22);1H. The molecule has 5 nitrogen and oxygen atoms in total. The van der Waals surface area contributed by atoms with Crippen LogP contribution in [0.4, 0.5) is 5.69 Å². The molecule has 1 aromatic rings. The molecule has 0 aromatic heterocycles. The van der Waals surface area contributed by atoms with Crippen LogP contribution in [0, 0.1) is 12.8 Å². The lowest BCUT2D eigenvalue weighted by molar-refractivity contribution is -0.118. The van der Waals surface area contributed by atoms with E-state index in [-0.39, 0.29) is 36.7 Å². The van der Waals surface area contributed by atoms with Gasteiger partial charge in [-0.1, -0.05) is 25.3 Å². The van der Waals surface area contributed by atoms with Crippen LogP contribution in [-0.2, 0) is 4.79 Å². The molecule has 0 heterocycles. The number of aryl methyl sites for hydroxylation is 1. The first kappa shape index (κ1) is 19.3. The van der Waals surface area contributed by atoms with Crippen molar-refractivity contribution in [2.75, 3.05) is 5.73 Å². The number of nitrogens with one attached hydrogen (secondary N) is 1. The highest BCUT2D eigenvalue weighted by molar-refractivity contribution is 5.97. The van der Waals surface area contributed by atoms with Gasteiger partial charge in [0.15, 0.2) is 0 Å². The molecule has 1 fully saturated rings. The van der Waals surface area contributed by atoms with Crippen molar-refractivity contribution in [2.24, 2.45) is 11.7 Å². The third-order valence-electron chi connectivity index (χ3n) is 4.46. The van der Waals surface area contributed by atoms with Crippen molar-refractivity contribution >= 4 is 29.9 Å². The predicted molar refractivity (Wildman–Crippen MR) is 94.5 cm³/mol. The molecule has 1 atom stereocenters. The Kier molecular flexibility index (Phi) is 7.36. The van der Waals surface area contributed by atoms with Crippen LogP contribution in [-0.4, -0.2) is 17.9 Å². The van der Waals surface area contributed by atoms with Gasteiger partial charge in [0.1, 0.15) is 0 Å². The molecule has 1 aromatic carbocycles. The van der Waals surface area contributed by atoms with Crippen LogP contribution in [0.2, 0.25) is 0 Å². The Morgan fingerprint density at radius 1 is 1.26 bits per heavy atom. The second-order valence-corrected chi connectivity index (χ2v) is 6.22. The molecule has 0 spiro atoms. The number of primary amides is 1. The zero-order valence-corrected chi connectivity index (χ0v) is 14.3. The number of nitrogen functional groups attached to an aromatic ring is 1. The summed E-state index contributed by atoms with van der Waals surface area (Å²) < 4.78 is 0. The summed E-state index contributed by atoms with van der Waals surface area (Å²) in [4.78, 5) is 23.9. The normalized spacial score (nSPS) is 16.2. The first-order valence-corrected chi connectivity index (χ1v) is 7.92. The van der Waals surface area contributed by atoms with Crippen molar-refractivity contribution in [1.29, 1.82) is 0 Å². The fourth-order valence-electron chi connectivity index (χ4n) is 3.22. The lowest BCUT2D eigenvalue weighted by Crippen LogP contribution is -2.43. The molecule has 6 heteroatoms. The second-order valence-electron chi connectivity index (χ2n) is 6.22. The van der Waals surface area contributed by atoms with E-state index in [1.165, 1.54) is 6.42 Å². The number of carbonyl (C=O) groups excluding carboxylic acids is 2. The first-order chi connectivity index (χ1) is 10.5. The largest absolute Gasteiger partial charge is 0.399 e. The smallest absolute Gasteiger partial charge is 0.251 e. The SMILES string of the molecule is Cc1ccc(N)cc1C(=O)NC(CC(N)=O)C1CCCCC1.Cl. The molecule has 0 aliphatic heterocycles. The zero-order valence-electron chi connectivity index (χ0n) is 13.5. The number of nitrogens with two attached hydrogens (primary N) is 2. The van der Waals surface area contributed by atoms with Gasteiger partial charge in [-0.15, -0.1) is 12.4 Å². The minimum absolute atomic E-state index is 0. The second kappa shape index (κ2) is 8.77. The van der Waals surface area contributed by atoms with Gasteiger partial charge in [-0.05, 0) is 43.4 Å². The molecule has 0 saturated heterocycles. The van der Waals surface area contributed by atoms with Crippen molar-refractivity contribution < 1.29 is 9.59 Å². The predicted octanol–water partition coefficient (Wildman–Crippen LogP) is 2.55. The highest BCUT2D eigenvalue weighted by Crippen LogP contribution is 2.28. The number of halogens is 1. The highest BCUT2D eigenvalue weighted by atomic mass is 35.5. The van der Waals surface area contributed by atoms with Gasteiger partial charge in [0.2, 0.25) is 5.91 Å². The van der Waals surface area contributed by atoms with E-state index in [1.54, 1.807) is 12.1 Å². The quantitative estimate of drug-likeness (QED) is 0.719. The van der Waals surface area contributed by atoms with Gasteiger partial charge in [0.05, 0.1) is 0 Å². The summed E-state index contributed by atoms with van der Waals surface area (Å²) in [6, 6.07) is 5.08. The summed E-state index contributed by atoms with van der Waals surface area (Å²) in [6.07, 6.45) is 5.78. The van der Waals surface area contributed by atoms with Gasteiger partial charge in [0.25, 0.3) is 5.91 Å². The minimum Gasteiger partial charge on any atom is -0.399 e. The van der Waals surface area contributed by atoms with Crippen molar-refractivity contribution in [2.45, 2.75) is 51.5 Å². The Bertz CT molecular complexity index is 557. The summed E-state index contributed by atoms with van der Waals surface area (Å²) in [5.41, 5.74) is 13.1. The van der Waals surface area contributed by atoms with E-state index in [4.69, 9.17) is 11.5 Å². The van der Waals surface area contributed by atoms with Crippen LogP contribution in [0.3, 0.4) is 0 Å². The molecular formula is C17H26ClN3O2. The summed E-state index contributed by atoms with van der Waals surface area (Å²) in [7, 11) is 0. The third kappa shape index (κ3) is 5.43. The molecular weight excluding hydrogens is 314 g/mol. The fraction of sp³-hybridized carbons (Fsp3) is 0.529. The topological polar surface area (TPSA) is 98.2 Å². The van der Waals surface area contributed by atoms with Crippen LogP contribution in [0.5, 0.6) is 0 Å².